The second-order valence-corrected chi connectivity index (χ2v) is 5.41. The van der Waals surface area contributed by atoms with Crippen molar-refractivity contribution in [1.82, 2.24) is 9.78 Å². The van der Waals surface area contributed by atoms with Gasteiger partial charge in [-0.2, -0.15) is 5.10 Å². The van der Waals surface area contributed by atoms with Crippen LogP contribution in [0.5, 0.6) is 0 Å². The van der Waals surface area contributed by atoms with Crippen LogP contribution in [0.15, 0.2) is 24.4 Å². The van der Waals surface area contributed by atoms with Crippen LogP contribution in [0.4, 0.5) is 5.82 Å². The molecular formula is C12H15N3OS. The highest BCUT2D eigenvalue weighted by molar-refractivity contribution is 7.14. The molecule has 2 rings (SSSR count). The summed E-state index contributed by atoms with van der Waals surface area (Å²) in [5.74, 6) is 0.654. The normalized spacial score (nSPS) is 10.8. The maximum Gasteiger partial charge on any atom is 0.266 e. The average Bonchev–Trinajstić information content (AvgIpc) is 2.86. The highest BCUT2D eigenvalue weighted by atomic mass is 32.1. The van der Waals surface area contributed by atoms with Crippen molar-refractivity contribution >= 4 is 23.1 Å². The highest BCUT2D eigenvalue weighted by Gasteiger charge is 2.12. The van der Waals surface area contributed by atoms with Crippen molar-refractivity contribution in [1.29, 1.82) is 0 Å². The van der Waals surface area contributed by atoms with Gasteiger partial charge in [-0.05, 0) is 32.9 Å². The first-order valence-corrected chi connectivity index (χ1v) is 6.31. The molecule has 0 radical (unpaired) electrons. The van der Waals surface area contributed by atoms with E-state index >= 15 is 0 Å². The molecular weight excluding hydrogens is 234 g/mol. The zero-order valence-electron chi connectivity index (χ0n) is 10.1. The highest BCUT2D eigenvalue weighted by Crippen LogP contribution is 2.18. The van der Waals surface area contributed by atoms with Gasteiger partial charge in [-0.15, -0.1) is 11.3 Å². The van der Waals surface area contributed by atoms with Crippen LogP contribution in [0, 0.1) is 6.92 Å². The predicted molar refractivity (Wildman–Crippen MR) is 69.6 cm³/mol. The molecule has 90 valence electrons. The molecule has 0 unspecified atom stereocenters. The maximum absolute atomic E-state index is 12.0. The zero-order valence-corrected chi connectivity index (χ0v) is 10.9. The number of carbonyl (C=O) groups excluding carboxylic acids is 1. The topological polar surface area (TPSA) is 46.9 Å². The van der Waals surface area contributed by atoms with Crippen LogP contribution in [0.3, 0.4) is 0 Å². The molecule has 2 heterocycles. The van der Waals surface area contributed by atoms with Gasteiger partial charge in [0.15, 0.2) is 0 Å². The van der Waals surface area contributed by atoms with Crippen LogP contribution < -0.4 is 5.32 Å². The van der Waals surface area contributed by atoms with Crippen molar-refractivity contribution in [2.24, 2.45) is 0 Å². The lowest BCUT2D eigenvalue weighted by molar-refractivity contribution is 0.102. The Balaban J connectivity index is 2.16. The summed E-state index contributed by atoms with van der Waals surface area (Å²) in [6.45, 7) is 6.04. The minimum atomic E-state index is -0.0782. The monoisotopic (exact) mass is 249 g/mol. The average molecular weight is 249 g/mol. The molecule has 0 fully saturated rings. The van der Waals surface area contributed by atoms with E-state index in [-0.39, 0.29) is 11.9 Å². The molecule has 1 amide bonds. The van der Waals surface area contributed by atoms with Gasteiger partial charge in [-0.25, -0.2) is 4.68 Å². The van der Waals surface area contributed by atoms with E-state index in [0.29, 0.717) is 0 Å². The fourth-order valence-electron chi connectivity index (χ4n) is 1.56. The largest absolute Gasteiger partial charge is 0.306 e. The van der Waals surface area contributed by atoms with Crippen molar-refractivity contribution in [2.75, 3.05) is 5.32 Å². The van der Waals surface area contributed by atoms with Gasteiger partial charge in [0.1, 0.15) is 5.82 Å². The van der Waals surface area contributed by atoms with E-state index in [1.807, 2.05) is 32.9 Å². The molecule has 2 aromatic rings. The van der Waals surface area contributed by atoms with Gasteiger partial charge in [0.2, 0.25) is 0 Å². The molecule has 17 heavy (non-hydrogen) atoms. The summed E-state index contributed by atoms with van der Waals surface area (Å²) < 4.78 is 1.79. The SMILES string of the molecule is Cc1ccc(C(=O)Nc2ccnn2C(C)C)s1. The van der Waals surface area contributed by atoms with E-state index < -0.39 is 0 Å². The smallest absolute Gasteiger partial charge is 0.266 e. The molecule has 2 aromatic heterocycles. The predicted octanol–water partition coefficient (Wildman–Crippen LogP) is 3.09. The summed E-state index contributed by atoms with van der Waals surface area (Å²) in [5, 5.41) is 7.05. The van der Waals surface area contributed by atoms with Crippen LogP contribution in [-0.2, 0) is 0 Å². The van der Waals surface area contributed by atoms with Crippen molar-refractivity contribution < 1.29 is 4.79 Å². The molecule has 4 nitrogen and oxygen atoms in total. The van der Waals surface area contributed by atoms with Crippen LogP contribution >= 0.6 is 11.3 Å². The number of rotatable bonds is 3. The van der Waals surface area contributed by atoms with Crippen LogP contribution in [0.25, 0.3) is 0 Å². The number of thiophene rings is 1. The summed E-state index contributed by atoms with van der Waals surface area (Å²) in [5.41, 5.74) is 0. The van der Waals surface area contributed by atoms with E-state index in [2.05, 4.69) is 10.4 Å². The van der Waals surface area contributed by atoms with E-state index in [1.165, 1.54) is 11.3 Å². The Morgan fingerprint density at radius 1 is 1.41 bits per heavy atom. The first kappa shape index (κ1) is 11.9. The third-order valence-corrected chi connectivity index (χ3v) is 3.36. The second kappa shape index (κ2) is 4.71. The van der Waals surface area contributed by atoms with Gasteiger partial charge < -0.3 is 5.32 Å². The molecule has 0 aliphatic carbocycles. The number of nitrogens with one attached hydrogen (secondary N) is 1. The third kappa shape index (κ3) is 2.55. The summed E-state index contributed by atoms with van der Waals surface area (Å²) in [6.07, 6.45) is 1.69. The minimum Gasteiger partial charge on any atom is -0.306 e. The standard InChI is InChI=1S/C12H15N3OS/c1-8(2)15-11(6-7-13-15)14-12(16)10-5-4-9(3)17-10/h4-8H,1-3H3,(H,14,16). The van der Waals surface area contributed by atoms with E-state index in [4.69, 9.17) is 0 Å². The molecule has 0 saturated heterocycles. The van der Waals surface area contributed by atoms with Gasteiger partial charge in [-0.3, -0.25) is 4.79 Å². The Morgan fingerprint density at radius 3 is 2.76 bits per heavy atom. The van der Waals surface area contributed by atoms with Crippen molar-refractivity contribution in [2.45, 2.75) is 26.8 Å². The van der Waals surface area contributed by atoms with Gasteiger partial charge in [0.05, 0.1) is 11.1 Å². The second-order valence-electron chi connectivity index (χ2n) is 4.12. The Kier molecular flexibility index (Phi) is 3.28. The first-order chi connectivity index (χ1) is 8.08. The summed E-state index contributed by atoms with van der Waals surface area (Å²) >= 11 is 1.49. The molecule has 0 aliphatic heterocycles. The Morgan fingerprint density at radius 2 is 2.18 bits per heavy atom. The van der Waals surface area contributed by atoms with Crippen molar-refractivity contribution in [3.8, 4) is 0 Å². The number of aryl methyl sites for hydroxylation is 1. The molecule has 0 saturated carbocycles. The first-order valence-electron chi connectivity index (χ1n) is 5.49. The summed E-state index contributed by atoms with van der Waals surface area (Å²) in [6, 6.07) is 5.81. The Labute approximate surface area is 104 Å². The Bertz CT molecular complexity index is 527. The number of aromatic nitrogens is 2. The quantitative estimate of drug-likeness (QED) is 0.908. The lowest BCUT2D eigenvalue weighted by Crippen LogP contribution is -2.15. The molecule has 0 spiro atoms. The molecule has 0 aromatic carbocycles. The van der Waals surface area contributed by atoms with E-state index in [0.717, 1.165) is 15.6 Å². The number of hydrogen-bond acceptors (Lipinski definition) is 3. The van der Waals surface area contributed by atoms with Crippen LogP contribution in [-0.4, -0.2) is 15.7 Å². The number of amides is 1. The lowest BCUT2D eigenvalue weighted by atomic mass is 10.4. The number of nitrogens with zero attached hydrogens (tertiary/aromatic N) is 2. The third-order valence-electron chi connectivity index (χ3n) is 2.37. The van der Waals surface area contributed by atoms with E-state index in [9.17, 15) is 4.79 Å². The fraction of sp³-hybridized carbons (Fsp3) is 0.333. The maximum atomic E-state index is 12.0. The molecule has 1 N–H and O–H groups in total. The van der Waals surface area contributed by atoms with Crippen LogP contribution in [0.1, 0.15) is 34.4 Å². The zero-order chi connectivity index (χ0) is 12.4. The number of carbonyl (C=O) groups is 1. The minimum absolute atomic E-state index is 0.0782. The van der Waals surface area contributed by atoms with Gasteiger partial charge in [0.25, 0.3) is 5.91 Å². The molecule has 0 aliphatic rings. The molecule has 0 atom stereocenters. The van der Waals surface area contributed by atoms with Crippen LogP contribution in [0.2, 0.25) is 0 Å². The van der Waals surface area contributed by atoms with Crippen molar-refractivity contribution in [3.05, 3.63) is 34.2 Å². The van der Waals surface area contributed by atoms with Gasteiger partial charge >= 0.3 is 0 Å². The van der Waals surface area contributed by atoms with Gasteiger partial charge in [0, 0.05) is 17.0 Å². The Hall–Kier alpha value is -1.62. The molecule has 5 heteroatoms. The van der Waals surface area contributed by atoms with E-state index in [1.54, 1.807) is 16.9 Å². The lowest BCUT2D eigenvalue weighted by Gasteiger charge is -2.11. The number of anilines is 1. The number of hydrogen-bond donors (Lipinski definition) is 1. The molecule has 0 bridgehead atoms. The van der Waals surface area contributed by atoms with Crippen molar-refractivity contribution in [3.63, 3.8) is 0 Å². The summed E-state index contributed by atoms with van der Waals surface area (Å²) in [7, 11) is 0. The fourth-order valence-corrected chi connectivity index (χ4v) is 2.32. The van der Waals surface area contributed by atoms with Gasteiger partial charge in [-0.1, -0.05) is 0 Å². The summed E-state index contributed by atoms with van der Waals surface area (Å²) in [4.78, 5) is 13.8.